The predicted octanol–water partition coefficient (Wildman–Crippen LogP) is 4.56. The number of benzene rings is 1. The number of halogens is 2. The monoisotopic (exact) mass is 285 g/mol. The van der Waals surface area contributed by atoms with Gasteiger partial charge in [0.2, 0.25) is 0 Å². The SMILES string of the molecule is CNC(Cc1ccc(Cl)s1)c1ccc(Cl)cc1. The number of thiophene rings is 1. The van der Waals surface area contributed by atoms with Crippen molar-refractivity contribution in [3.8, 4) is 0 Å². The second-order valence-corrected chi connectivity index (χ2v) is 6.04. The Bertz CT molecular complexity index is 478. The zero-order valence-electron chi connectivity index (χ0n) is 9.41. The van der Waals surface area contributed by atoms with Crippen molar-refractivity contribution in [2.45, 2.75) is 12.5 Å². The lowest BCUT2D eigenvalue weighted by molar-refractivity contribution is 0.596. The molecule has 1 heterocycles. The molecule has 1 N–H and O–H groups in total. The molecule has 90 valence electrons. The van der Waals surface area contributed by atoms with Crippen LogP contribution in [0.3, 0.4) is 0 Å². The highest BCUT2D eigenvalue weighted by atomic mass is 35.5. The topological polar surface area (TPSA) is 12.0 Å². The molecule has 1 unspecified atom stereocenters. The fraction of sp³-hybridized carbons (Fsp3) is 0.231. The summed E-state index contributed by atoms with van der Waals surface area (Å²) in [6.45, 7) is 0. The van der Waals surface area contributed by atoms with Gasteiger partial charge in [-0.25, -0.2) is 0 Å². The van der Waals surface area contributed by atoms with Crippen molar-refractivity contribution in [1.29, 1.82) is 0 Å². The molecule has 0 aliphatic carbocycles. The van der Waals surface area contributed by atoms with Crippen LogP contribution in [-0.4, -0.2) is 7.05 Å². The average Bonchev–Trinajstić information content (AvgIpc) is 2.73. The van der Waals surface area contributed by atoms with Crippen molar-refractivity contribution in [2.24, 2.45) is 0 Å². The van der Waals surface area contributed by atoms with Gasteiger partial charge in [0, 0.05) is 22.4 Å². The second kappa shape index (κ2) is 5.87. The molecule has 1 aromatic heterocycles. The summed E-state index contributed by atoms with van der Waals surface area (Å²) in [5, 5.41) is 4.08. The quantitative estimate of drug-likeness (QED) is 0.869. The van der Waals surface area contributed by atoms with Gasteiger partial charge < -0.3 is 5.32 Å². The molecule has 2 aromatic rings. The molecule has 1 atom stereocenters. The summed E-state index contributed by atoms with van der Waals surface area (Å²) in [6.07, 6.45) is 0.940. The first-order valence-corrected chi connectivity index (χ1v) is 6.93. The van der Waals surface area contributed by atoms with E-state index in [1.807, 2.05) is 25.2 Å². The summed E-state index contributed by atoms with van der Waals surface area (Å²) >= 11 is 13.5. The molecular weight excluding hydrogens is 273 g/mol. The Morgan fingerprint density at radius 3 is 2.35 bits per heavy atom. The molecule has 0 spiro atoms. The average molecular weight is 286 g/mol. The number of rotatable bonds is 4. The maximum absolute atomic E-state index is 5.93. The third-order valence-corrected chi connectivity index (χ3v) is 4.16. The first-order chi connectivity index (χ1) is 8.19. The number of likely N-dealkylation sites (N-methyl/N-ethyl adjacent to an activating group) is 1. The van der Waals surface area contributed by atoms with Crippen LogP contribution >= 0.6 is 34.5 Å². The maximum Gasteiger partial charge on any atom is 0.0931 e. The molecule has 17 heavy (non-hydrogen) atoms. The van der Waals surface area contributed by atoms with E-state index in [9.17, 15) is 0 Å². The predicted molar refractivity (Wildman–Crippen MR) is 76.3 cm³/mol. The summed E-state index contributed by atoms with van der Waals surface area (Å²) in [5.41, 5.74) is 1.24. The lowest BCUT2D eigenvalue weighted by atomic mass is 10.0. The molecule has 0 saturated heterocycles. The van der Waals surface area contributed by atoms with Crippen molar-refractivity contribution in [3.05, 3.63) is 56.2 Å². The molecule has 0 saturated carbocycles. The third kappa shape index (κ3) is 3.46. The van der Waals surface area contributed by atoms with Gasteiger partial charge in [-0.15, -0.1) is 11.3 Å². The zero-order valence-corrected chi connectivity index (χ0v) is 11.7. The molecule has 1 nitrogen and oxygen atoms in total. The summed E-state index contributed by atoms with van der Waals surface area (Å²) < 4.78 is 0.839. The maximum atomic E-state index is 5.93. The summed E-state index contributed by atoms with van der Waals surface area (Å²) in [4.78, 5) is 1.28. The van der Waals surface area contributed by atoms with E-state index in [-0.39, 0.29) is 0 Å². The minimum absolute atomic E-state index is 0.294. The van der Waals surface area contributed by atoms with Crippen LogP contribution in [-0.2, 0) is 6.42 Å². The molecule has 1 aromatic carbocycles. The third-order valence-electron chi connectivity index (χ3n) is 2.66. The molecule has 0 fully saturated rings. The van der Waals surface area contributed by atoms with Crippen LogP contribution in [0.5, 0.6) is 0 Å². The number of hydrogen-bond donors (Lipinski definition) is 1. The summed E-state index contributed by atoms with van der Waals surface area (Å²) in [5.74, 6) is 0. The molecule has 0 radical (unpaired) electrons. The van der Waals surface area contributed by atoms with Crippen molar-refractivity contribution in [2.75, 3.05) is 7.05 Å². The van der Waals surface area contributed by atoms with Gasteiger partial charge in [-0.1, -0.05) is 35.3 Å². The highest BCUT2D eigenvalue weighted by Crippen LogP contribution is 2.27. The van der Waals surface area contributed by atoms with E-state index in [4.69, 9.17) is 23.2 Å². The molecule has 0 bridgehead atoms. The molecule has 0 aliphatic heterocycles. The van der Waals surface area contributed by atoms with Crippen LogP contribution in [0.15, 0.2) is 36.4 Å². The van der Waals surface area contributed by atoms with Crippen LogP contribution in [0.1, 0.15) is 16.5 Å². The van der Waals surface area contributed by atoms with Gasteiger partial charge in [0.1, 0.15) is 0 Å². The fourth-order valence-electron chi connectivity index (χ4n) is 1.74. The largest absolute Gasteiger partial charge is 0.313 e. The lowest BCUT2D eigenvalue weighted by Gasteiger charge is -2.15. The highest BCUT2D eigenvalue weighted by molar-refractivity contribution is 7.16. The van der Waals surface area contributed by atoms with Gasteiger partial charge in [0.15, 0.2) is 0 Å². The van der Waals surface area contributed by atoms with Crippen molar-refractivity contribution < 1.29 is 0 Å². The minimum atomic E-state index is 0.294. The highest BCUT2D eigenvalue weighted by Gasteiger charge is 2.11. The van der Waals surface area contributed by atoms with Gasteiger partial charge in [0.25, 0.3) is 0 Å². The Kier molecular flexibility index (Phi) is 4.46. The van der Waals surface area contributed by atoms with Gasteiger partial charge in [-0.3, -0.25) is 0 Å². The van der Waals surface area contributed by atoms with E-state index in [1.54, 1.807) is 11.3 Å². The minimum Gasteiger partial charge on any atom is -0.313 e. The van der Waals surface area contributed by atoms with E-state index in [2.05, 4.69) is 23.5 Å². The van der Waals surface area contributed by atoms with Crippen LogP contribution in [0.4, 0.5) is 0 Å². The Hall–Kier alpha value is -0.540. The van der Waals surface area contributed by atoms with E-state index >= 15 is 0 Å². The van der Waals surface area contributed by atoms with Crippen LogP contribution < -0.4 is 5.32 Å². The fourth-order valence-corrected chi connectivity index (χ4v) is 3.00. The molecule has 0 amide bonds. The molecule has 2 rings (SSSR count). The standard InChI is InChI=1S/C13H13Cl2NS/c1-16-12(8-11-6-7-13(15)17-11)9-2-4-10(14)5-3-9/h2-7,12,16H,8H2,1H3. The van der Waals surface area contributed by atoms with Crippen molar-refractivity contribution in [3.63, 3.8) is 0 Å². The summed E-state index contributed by atoms with van der Waals surface area (Å²) in [7, 11) is 1.97. The Labute approximate surface area is 115 Å². The van der Waals surface area contributed by atoms with E-state index < -0.39 is 0 Å². The van der Waals surface area contributed by atoms with E-state index in [0.717, 1.165) is 15.8 Å². The number of nitrogens with one attached hydrogen (secondary N) is 1. The van der Waals surface area contributed by atoms with Gasteiger partial charge in [-0.2, -0.15) is 0 Å². The van der Waals surface area contributed by atoms with Gasteiger partial charge in [-0.05, 0) is 36.9 Å². The van der Waals surface area contributed by atoms with E-state index in [1.165, 1.54) is 10.4 Å². The summed E-state index contributed by atoms with van der Waals surface area (Å²) in [6, 6.07) is 12.3. The van der Waals surface area contributed by atoms with Gasteiger partial charge in [0.05, 0.1) is 4.34 Å². The first-order valence-electron chi connectivity index (χ1n) is 5.36. The zero-order chi connectivity index (χ0) is 12.3. The number of hydrogen-bond acceptors (Lipinski definition) is 2. The molecule has 0 aliphatic rings. The molecule has 4 heteroatoms. The first kappa shape index (κ1) is 12.9. The van der Waals surface area contributed by atoms with Crippen LogP contribution in [0.25, 0.3) is 0 Å². The lowest BCUT2D eigenvalue weighted by Crippen LogP contribution is -2.18. The van der Waals surface area contributed by atoms with Crippen molar-refractivity contribution >= 4 is 34.5 Å². The normalized spacial score (nSPS) is 12.6. The van der Waals surface area contributed by atoms with Gasteiger partial charge >= 0.3 is 0 Å². The van der Waals surface area contributed by atoms with E-state index in [0.29, 0.717) is 6.04 Å². The van der Waals surface area contributed by atoms with Crippen LogP contribution in [0, 0.1) is 0 Å². The second-order valence-electron chi connectivity index (χ2n) is 3.80. The Balaban J connectivity index is 2.13. The van der Waals surface area contributed by atoms with Crippen molar-refractivity contribution in [1.82, 2.24) is 5.32 Å². The van der Waals surface area contributed by atoms with Crippen LogP contribution in [0.2, 0.25) is 9.36 Å². The Morgan fingerprint density at radius 1 is 1.12 bits per heavy atom. The Morgan fingerprint density at radius 2 is 1.82 bits per heavy atom. The smallest absolute Gasteiger partial charge is 0.0931 e. The molecular formula is C13H13Cl2NS.